The summed E-state index contributed by atoms with van der Waals surface area (Å²) in [5, 5.41) is 16.6. The second kappa shape index (κ2) is 11.3. The zero-order valence-corrected chi connectivity index (χ0v) is 22.8. The molecule has 2 aromatic heterocycles. The first-order valence-electron chi connectivity index (χ1n) is 13.2. The lowest BCUT2D eigenvalue weighted by Gasteiger charge is -2.35. The van der Waals surface area contributed by atoms with Gasteiger partial charge in [0.15, 0.2) is 0 Å². The first kappa shape index (κ1) is 27.1. The van der Waals surface area contributed by atoms with E-state index in [0.717, 1.165) is 25.9 Å². The number of carbonyl (C=O) groups is 3. The Balaban J connectivity index is 1.39. The Morgan fingerprint density at radius 3 is 2.49 bits per heavy atom. The van der Waals surface area contributed by atoms with Gasteiger partial charge in [-0.1, -0.05) is 11.6 Å². The van der Waals surface area contributed by atoms with Crippen LogP contribution < -0.4 is 10.6 Å². The SMILES string of the molecule is CC(C)N1CCC(NC(=O)c2cc3cc(C(=O)N4CC(O)C4)ccc3n2CC(=O)Nc2ccc(Cl)cn2)CC1. The summed E-state index contributed by atoms with van der Waals surface area (Å²) in [7, 11) is 0. The highest BCUT2D eigenvalue weighted by Gasteiger charge is 2.30. The molecule has 4 heterocycles. The van der Waals surface area contributed by atoms with Crippen LogP contribution in [-0.2, 0) is 11.3 Å². The summed E-state index contributed by atoms with van der Waals surface area (Å²) < 4.78 is 1.67. The van der Waals surface area contributed by atoms with Crippen molar-refractivity contribution < 1.29 is 19.5 Å². The molecule has 2 saturated heterocycles. The molecule has 0 unspecified atom stereocenters. The van der Waals surface area contributed by atoms with Gasteiger partial charge in [-0.05, 0) is 63.1 Å². The normalized spacial score (nSPS) is 16.9. The Kier molecular flexibility index (Phi) is 7.88. The van der Waals surface area contributed by atoms with Gasteiger partial charge in [-0.15, -0.1) is 0 Å². The van der Waals surface area contributed by atoms with Gasteiger partial charge >= 0.3 is 0 Å². The van der Waals surface area contributed by atoms with E-state index >= 15 is 0 Å². The molecular weight excluding hydrogens is 520 g/mol. The van der Waals surface area contributed by atoms with E-state index in [0.29, 0.717) is 52.1 Å². The van der Waals surface area contributed by atoms with Crippen LogP contribution in [0.4, 0.5) is 5.82 Å². The van der Waals surface area contributed by atoms with Crippen molar-refractivity contribution in [3.63, 3.8) is 0 Å². The molecule has 3 amide bonds. The van der Waals surface area contributed by atoms with Gasteiger partial charge in [0.05, 0.1) is 11.1 Å². The Morgan fingerprint density at radius 2 is 1.85 bits per heavy atom. The average Bonchev–Trinajstić information content (AvgIpc) is 3.25. The van der Waals surface area contributed by atoms with Gasteiger partial charge < -0.3 is 30.1 Å². The maximum atomic E-state index is 13.5. The minimum atomic E-state index is -0.491. The van der Waals surface area contributed by atoms with E-state index in [2.05, 4.69) is 34.4 Å². The third-order valence-corrected chi connectivity index (χ3v) is 7.65. The monoisotopic (exact) mass is 552 g/mol. The summed E-state index contributed by atoms with van der Waals surface area (Å²) in [6, 6.07) is 10.6. The number of piperidine rings is 1. The Labute approximate surface area is 231 Å². The third-order valence-electron chi connectivity index (χ3n) is 7.42. The molecule has 0 atom stereocenters. The number of nitrogens with one attached hydrogen (secondary N) is 2. The first-order valence-corrected chi connectivity index (χ1v) is 13.6. The van der Waals surface area contributed by atoms with Crippen LogP contribution in [-0.4, -0.2) is 86.5 Å². The van der Waals surface area contributed by atoms with Gasteiger partial charge in [0, 0.05) is 60.9 Å². The number of nitrogens with zero attached hydrogens (tertiary/aromatic N) is 4. The fraction of sp³-hybridized carbons (Fsp3) is 0.429. The van der Waals surface area contributed by atoms with Crippen LogP contribution in [0.15, 0.2) is 42.6 Å². The maximum absolute atomic E-state index is 13.5. The van der Waals surface area contributed by atoms with Gasteiger partial charge in [0.1, 0.15) is 18.1 Å². The Hall–Kier alpha value is -3.47. The molecule has 0 radical (unpaired) electrons. The zero-order chi connectivity index (χ0) is 27.7. The molecule has 2 aliphatic rings. The number of carbonyl (C=O) groups excluding carboxylic acids is 3. The first-order chi connectivity index (χ1) is 18.7. The number of aliphatic hydroxyl groups is 1. The van der Waals surface area contributed by atoms with E-state index in [-0.39, 0.29) is 30.3 Å². The predicted octanol–water partition coefficient (Wildman–Crippen LogP) is 2.75. The van der Waals surface area contributed by atoms with Crippen molar-refractivity contribution in [2.24, 2.45) is 0 Å². The topological polar surface area (TPSA) is 120 Å². The number of hydrogen-bond donors (Lipinski definition) is 3. The molecule has 2 fully saturated rings. The zero-order valence-electron chi connectivity index (χ0n) is 22.1. The number of β-amino-alcohol motifs (C(OH)–C–C–N with tert-alkyl or cyclic N) is 1. The minimum absolute atomic E-state index is 0.0426. The molecule has 1 aromatic carbocycles. The van der Waals surface area contributed by atoms with Gasteiger partial charge in [-0.25, -0.2) is 4.98 Å². The number of amides is 3. The van der Waals surface area contributed by atoms with Crippen molar-refractivity contribution in [2.75, 3.05) is 31.5 Å². The molecule has 0 bridgehead atoms. The number of fused-ring (bicyclic) bond motifs is 1. The molecule has 5 rings (SSSR count). The number of rotatable bonds is 7. The number of likely N-dealkylation sites (tertiary alicyclic amines) is 2. The van der Waals surface area contributed by atoms with Crippen LogP contribution in [0.1, 0.15) is 47.5 Å². The molecule has 11 heteroatoms. The van der Waals surface area contributed by atoms with E-state index in [4.69, 9.17) is 11.6 Å². The van der Waals surface area contributed by atoms with Crippen LogP contribution in [0.5, 0.6) is 0 Å². The molecule has 10 nitrogen and oxygen atoms in total. The second-order valence-corrected chi connectivity index (χ2v) is 11.0. The summed E-state index contributed by atoms with van der Waals surface area (Å²) in [6.07, 6.45) is 2.66. The lowest BCUT2D eigenvalue weighted by atomic mass is 10.0. The van der Waals surface area contributed by atoms with Crippen LogP contribution in [0.3, 0.4) is 0 Å². The fourth-order valence-corrected chi connectivity index (χ4v) is 5.27. The van der Waals surface area contributed by atoms with Gasteiger partial charge in [-0.3, -0.25) is 14.4 Å². The largest absolute Gasteiger partial charge is 0.389 e. The molecule has 206 valence electrons. The van der Waals surface area contributed by atoms with Crippen molar-refractivity contribution in [3.8, 4) is 0 Å². The fourth-order valence-electron chi connectivity index (χ4n) is 5.16. The van der Waals surface area contributed by atoms with Crippen molar-refractivity contribution in [1.29, 1.82) is 0 Å². The van der Waals surface area contributed by atoms with Crippen LogP contribution in [0.25, 0.3) is 10.9 Å². The van der Waals surface area contributed by atoms with Crippen LogP contribution >= 0.6 is 11.6 Å². The van der Waals surface area contributed by atoms with Crippen molar-refractivity contribution in [2.45, 2.75) is 51.4 Å². The van der Waals surface area contributed by atoms with Gasteiger partial charge in [0.25, 0.3) is 11.8 Å². The molecule has 0 saturated carbocycles. The van der Waals surface area contributed by atoms with Crippen molar-refractivity contribution >= 4 is 46.0 Å². The smallest absolute Gasteiger partial charge is 0.268 e. The van der Waals surface area contributed by atoms with E-state index in [1.165, 1.54) is 6.20 Å². The highest BCUT2D eigenvalue weighted by molar-refractivity contribution is 6.30. The summed E-state index contributed by atoms with van der Waals surface area (Å²) >= 11 is 5.90. The molecule has 39 heavy (non-hydrogen) atoms. The lowest BCUT2D eigenvalue weighted by Crippen LogP contribution is -2.53. The number of hydrogen-bond acceptors (Lipinski definition) is 6. The number of aliphatic hydroxyl groups excluding tert-OH is 1. The standard InChI is InChI=1S/C28H33ClN6O4/c1-17(2)33-9-7-21(8-10-33)31-27(38)24-12-19-11-18(28(39)34-14-22(36)15-34)3-5-23(19)35(24)16-26(37)32-25-6-4-20(29)13-30-25/h3-6,11-13,17,21-22,36H,7-10,14-16H2,1-2H3,(H,31,38)(H,30,32,37). The van der Waals surface area contributed by atoms with E-state index in [9.17, 15) is 19.5 Å². The molecule has 2 aliphatic heterocycles. The van der Waals surface area contributed by atoms with Gasteiger partial charge in [-0.2, -0.15) is 0 Å². The van der Waals surface area contributed by atoms with Crippen molar-refractivity contribution in [1.82, 2.24) is 24.7 Å². The quantitative estimate of drug-likeness (QED) is 0.415. The average molecular weight is 553 g/mol. The Bertz CT molecular complexity index is 1370. The van der Waals surface area contributed by atoms with Crippen molar-refractivity contribution in [3.05, 3.63) is 58.9 Å². The molecule has 0 spiro atoms. The molecular formula is C28H33ClN6O4. The van der Waals surface area contributed by atoms with Crippen LogP contribution in [0.2, 0.25) is 5.02 Å². The number of halogens is 1. The van der Waals surface area contributed by atoms with E-state index in [1.54, 1.807) is 45.9 Å². The van der Waals surface area contributed by atoms with E-state index < -0.39 is 6.10 Å². The minimum Gasteiger partial charge on any atom is -0.389 e. The summed E-state index contributed by atoms with van der Waals surface area (Å²) in [6.45, 7) is 6.67. The highest BCUT2D eigenvalue weighted by atomic mass is 35.5. The summed E-state index contributed by atoms with van der Waals surface area (Å²) in [5.74, 6) is -0.431. The number of aromatic nitrogens is 2. The van der Waals surface area contributed by atoms with Crippen LogP contribution in [0, 0.1) is 0 Å². The lowest BCUT2D eigenvalue weighted by molar-refractivity contribution is -0.116. The number of pyridine rings is 1. The summed E-state index contributed by atoms with van der Waals surface area (Å²) in [4.78, 5) is 47.4. The second-order valence-electron chi connectivity index (χ2n) is 10.5. The van der Waals surface area contributed by atoms with Gasteiger partial charge in [0.2, 0.25) is 5.91 Å². The highest BCUT2D eigenvalue weighted by Crippen LogP contribution is 2.25. The Morgan fingerprint density at radius 1 is 1.10 bits per heavy atom. The van der Waals surface area contributed by atoms with E-state index in [1.807, 2.05) is 0 Å². The third kappa shape index (κ3) is 6.08. The summed E-state index contributed by atoms with van der Waals surface area (Å²) in [5.41, 5.74) is 1.48. The molecule has 3 N–H and O–H groups in total. The molecule has 0 aliphatic carbocycles. The number of benzene rings is 1. The maximum Gasteiger partial charge on any atom is 0.268 e. The molecule has 3 aromatic rings. The number of anilines is 1. The predicted molar refractivity (Wildman–Crippen MR) is 149 cm³/mol.